The first kappa shape index (κ1) is 22.6. The molecular formula is C25H32F3N3O3. The fourth-order valence-electron chi connectivity index (χ4n) is 7.18. The van der Waals surface area contributed by atoms with E-state index in [1.54, 1.807) is 13.0 Å². The number of alkyl halides is 3. The number of aromatic nitrogens is 2. The molecule has 1 aliphatic heterocycles. The van der Waals surface area contributed by atoms with Crippen LogP contribution in [0.1, 0.15) is 70.4 Å². The average molecular weight is 480 g/mol. The van der Waals surface area contributed by atoms with E-state index in [4.69, 9.17) is 4.74 Å². The molecule has 9 heteroatoms. The lowest BCUT2D eigenvalue weighted by atomic mass is 9.37. The van der Waals surface area contributed by atoms with E-state index in [-0.39, 0.29) is 46.9 Å². The van der Waals surface area contributed by atoms with Crippen molar-refractivity contribution in [3.8, 4) is 5.75 Å². The number of fused-ring (bicyclic) bond motifs is 1. The first-order valence-corrected chi connectivity index (χ1v) is 12.3. The molecule has 6 nitrogen and oxygen atoms in total. The molecule has 5 aliphatic rings. The van der Waals surface area contributed by atoms with Crippen LogP contribution in [0.15, 0.2) is 18.5 Å². The van der Waals surface area contributed by atoms with E-state index in [2.05, 4.69) is 10.3 Å². The Kier molecular flexibility index (Phi) is 4.73. The Bertz CT molecular complexity index is 1100. The van der Waals surface area contributed by atoms with Crippen LogP contribution in [-0.2, 0) is 6.18 Å². The van der Waals surface area contributed by atoms with E-state index in [1.807, 2.05) is 6.92 Å². The highest BCUT2D eigenvalue weighted by molar-refractivity contribution is 5.82. The van der Waals surface area contributed by atoms with Gasteiger partial charge in [0.05, 0.1) is 34.1 Å². The number of piperidine rings is 1. The van der Waals surface area contributed by atoms with Gasteiger partial charge in [-0.15, -0.1) is 0 Å². The summed E-state index contributed by atoms with van der Waals surface area (Å²) in [4.78, 5) is 4.24. The zero-order valence-corrected chi connectivity index (χ0v) is 19.5. The standard InChI is InChI=1S/C25H32F3N3O3/c1-14-5-24(33,23-6-15(7-23)8-23)9-16(30-14)12-34-18-3-19(25(26,27)28)21-20(4-18)29-13-31(21)17-10-22(2,32)11-17/h3-4,13-17,30,32-33H,5-12H2,1-2H3. The van der Waals surface area contributed by atoms with E-state index < -0.39 is 22.9 Å². The number of hydrogen-bond donors (Lipinski definition) is 3. The lowest BCUT2D eigenvalue weighted by molar-refractivity contribution is -0.256. The van der Waals surface area contributed by atoms with Gasteiger partial charge in [-0.05, 0) is 70.8 Å². The first-order chi connectivity index (χ1) is 15.9. The van der Waals surface area contributed by atoms with Crippen LogP contribution < -0.4 is 10.1 Å². The van der Waals surface area contributed by atoms with Crippen LogP contribution >= 0.6 is 0 Å². The summed E-state index contributed by atoms with van der Waals surface area (Å²) in [6.07, 6.45) is 2.18. The highest BCUT2D eigenvalue weighted by Gasteiger charge is 2.67. The molecule has 2 bridgehead atoms. The average Bonchev–Trinajstić information content (AvgIpc) is 3.02. The van der Waals surface area contributed by atoms with E-state index in [0.717, 1.165) is 31.2 Å². The highest BCUT2D eigenvalue weighted by atomic mass is 19.4. The van der Waals surface area contributed by atoms with Gasteiger partial charge in [-0.1, -0.05) is 0 Å². The maximum Gasteiger partial charge on any atom is 0.418 e. The summed E-state index contributed by atoms with van der Waals surface area (Å²) in [6, 6.07) is 2.37. The van der Waals surface area contributed by atoms with Gasteiger partial charge in [0.15, 0.2) is 0 Å². The van der Waals surface area contributed by atoms with Gasteiger partial charge in [0.2, 0.25) is 0 Å². The van der Waals surface area contributed by atoms with Gasteiger partial charge >= 0.3 is 6.18 Å². The van der Waals surface area contributed by atoms with Gasteiger partial charge in [0.1, 0.15) is 12.4 Å². The van der Waals surface area contributed by atoms with Gasteiger partial charge in [-0.3, -0.25) is 0 Å². The van der Waals surface area contributed by atoms with Crippen LogP contribution in [0.25, 0.3) is 11.0 Å². The molecule has 0 radical (unpaired) electrons. The Morgan fingerprint density at radius 2 is 1.82 bits per heavy atom. The third kappa shape index (κ3) is 3.45. The van der Waals surface area contributed by atoms with E-state index >= 15 is 0 Å². The topological polar surface area (TPSA) is 79.5 Å². The fourth-order valence-corrected chi connectivity index (χ4v) is 7.18. The second-order valence-electron chi connectivity index (χ2n) is 11.8. The van der Waals surface area contributed by atoms with Gasteiger partial charge in [-0.25, -0.2) is 4.98 Å². The molecule has 1 aromatic heterocycles. The van der Waals surface area contributed by atoms with Crippen molar-refractivity contribution in [1.29, 1.82) is 0 Å². The van der Waals surface area contributed by atoms with Crippen molar-refractivity contribution >= 4 is 11.0 Å². The lowest BCUT2D eigenvalue weighted by Crippen LogP contribution is -2.70. The molecule has 3 N–H and O–H groups in total. The number of benzene rings is 1. The lowest BCUT2D eigenvalue weighted by Gasteiger charge is -2.70. The zero-order chi connectivity index (χ0) is 24.1. The third-order valence-corrected chi connectivity index (χ3v) is 8.92. The number of nitrogens with one attached hydrogen (secondary N) is 1. The molecule has 186 valence electrons. The number of hydrogen-bond acceptors (Lipinski definition) is 5. The van der Waals surface area contributed by atoms with Gasteiger partial charge in [-0.2, -0.15) is 13.2 Å². The summed E-state index contributed by atoms with van der Waals surface area (Å²) in [5, 5.41) is 25.0. The summed E-state index contributed by atoms with van der Waals surface area (Å²) in [5.41, 5.74) is -2.07. The van der Waals surface area contributed by atoms with Crippen molar-refractivity contribution in [2.75, 3.05) is 6.61 Å². The molecule has 2 aromatic rings. The second kappa shape index (κ2) is 7.11. The van der Waals surface area contributed by atoms with Crippen molar-refractivity contribution in [3.63, 3.8) is 0 Å². The van der Waals surface area contributed by atoms with E-state index in [0.29, 0.717) is 25.7 Å². The molecule has 3 unspecified atom stereocenters. The summed E-state index contributed by atoms with van der Waals surface area (Å²) in [5.74, 6) is 0.891. The SMILES string of the molecule is CC1CC(O)(C23CC(C2)C3)CC(COc2cc(C(F)(F)F)c3c(c2)ncn3C2CC(C)(O)C2)N1. The van der Waals surface area contributed by atoms with Gasteiger partial charge < -0.3 is 24.8 Å². The molecule has 1 saturated heterocycles. The smallest absolute Gasteiger partial charge is 0.418 e. The number of aliphatic hydroxyl groups is 2. The quantitative estimate of drug-likeness (QED) is 0.599. The Morgan fingerprint density at radius 3 is 2.41 bits per heavy atom. The van der Waals surface area contributed by atoms with E-state index in [1.165, 1.54) is 10.9 Å². The Hall–Kier alpha value is -1.84. The van der Waals surface area contributed by atoms with Crippen LogP contribution in [0.5, 0.6) is 5.75 Å². The summed E-state index contributed by atoms with van der Waals surface area (Å²) in [6.45, 7) is 3.91. The van der Waals surface area contributed by atoms with Crippen molar-refractivity contribution < 1.29 is 28.1 Å². The number of rotatable bonds is 5. The predicted molar refractivity (Wildman–Crippen MR) is 119 cm³/mol. The van der Waals surface area contributed by atoms with Crippen molar-refractivity contribution in [2.24, 2.45) is 11.3 Å². The summed E-state index contributed by atoms with van der Waals surface area (Å²) < 4.78 is 49.5. The maximum absolute atomic E-state index is 14.0. The number of ether oxygens (including phenoxy) is 1. The van der Waals surface area contributed by atoms with E-state index in [9.17, 15) is 23.4 Å². The largest absolute Gasteiger partial charge is 0.492 e. The normalized spacial score (nSPS) is 41.5. The molecule has 3 atom stereocenters. The minimum atomic E-state index is -4.57. The molecule has 34 heavy (non-hydrogen) atoms. The highest BCUT2D eigenvalue weighted by Crippen LogP contribution is 2.71. The summed E-state index contributed by atoms with van der Waals surface area (Å²) >= 11 is 0. The molecule has 1 aromatic carbocycles. The summed E-state index contributed by atoms with van der Waals surface area (Å²) in [7, 11) is 0. The van der Waals surface area contributed by atoms with Crippen LogP contribution in [0.4, 0.5) is 13.2 Å². The number of nitrogens with zero attached hydrogens (tertiary/aromatic N) is 2. The van der Waals surface area contributed by atoms with Crippen molar-refractivity contribution in [1.82, 2.24) is 14.9 Å². The van der Waals surface area contributed by atoms with Gasteiger partial charge in [0, 0.05) is 29.6 Å². The second-order valence-corrected chi connectivity index (χ2v) is 11.8. The van der Waals surface area contributed by atoms with Crippen LogP contribution in [-0.4, -0.2) is 49.7 Å². The molecular weight excluding hydrogens is 447 g/mol. The minimum absolute atomic E-state index is 0.0303. The monoisotopic (exact) mass is 479 g/mol. The molecule has 2 heterocycles. The molecule has 5 fully saturated rings. The van der Waals surface area contributed by atoms with Gasteiger partial charge in [0.25, 0.3) is 0 Å². The fraction of sp³-hybridized carbons (Fsp3) is 0.720. The zero-order valence-electron chi connectivity index (χ0n) is 19.5. The number of imidazole rings is 1. The molecule has 0 spiro atoms. The van der Waals surface area contributed by atoms with Crippen LogP contribution in [0.3, 0.4) is 0 Å². The van der Waals surface area contributed by atoms with Crippen molar-refractivity contribution in [3.05, 3.63) is 24.0 Å². The van der Waals surface area contributed by atoms with Crippen LogP contribution in [0.2, 0.25) is 0 Å². The molecule has 7 rings (SSSR count). The Balaban J connectivity index is 1.23. The Labute approximate surface area is 196 Å². The molecule has 0 amide bonds. The maximum atomic E-state index is 14.0. The molecule has 4 saturated carbocycles. The minimum Gasteiger partial charge on any atom is -0.492 e. The predicted octanol–water partition coefficient (Wildman–Crippen LogP) is 4.19. The number of halogens is 3. The first-order valence-electron chi connectivity index (χ1n) is 12.3. The third-order valence-electron chi connectivity index (χ3n) is 8.92. The van der Waals surface area contributed by atoms with Crippen molar-refractivity contribution in [2.45, 2.75) is 94.3 Å². The molecule has 4 aliphatic carbocycles. The van der Waals surface area contributed by atoms with Crippen LogP contribution in [0, 0.1) is 11.3 Å². The Morgan fingerprint density at radius 1 is 1.12 bits per heavy atom.